The van der Waals surface area contributed by atoms with E-state index in [1.165, 1.54) is 6.26 Å². The number of amides is 2. The molecule has 0 aliphatic carbocycles. The van der Waals surface area contributed by atoms with E-state index < -0.39 is 10.6 Å². The fourth-order valence-electron chi connectivity index (χ4n) is 3.40. The molecular formula is C22H34N6O4S. The van der Waals surface area contributed by atoms with Crippen molar-refractivity contribution in [1.29, 1.82) is 0 Å². The number of morpholine rings is 1. The zero-order chi connectivity index (χ0) is 23.8. The van der Waals surface area contributed by atoms with Gasteiger partial charge >= 0.3 is 6.03 Å². The normalized spacial score (nSPS) is 14.9. The van der Waals surface area contributed by atoms with Gasteiger partial charge in [-0.3, -0.25) is 9.11 Å². The van der Waals surface area contributed by atoms with Crippen LogP contribution in [-0.2, 0) is 10.5 Å². The highest BCUT2D eigenvalue weighted by atomic mass is 32.3. The summed E-state index contributed by atoms with van der Waals surface area (Å²) >= 11 is 0. The Labute approximate surface area is 196 Å². The SMILES string of the molecule is CN(C)CCCNC(=O)Nc1ccc(-c2nc(CS(C)(O)O)cc(N3CCOCC3)n2)cc1. The minimum Gasteiger partial charge on any atom is -0.378 e. The Bertz CT molecular complexity index is 914. The van der Waals surface area contributed by atoms with Gasteiger partial charge in [-0.25, -0.2) is 14.8 Å². The van der Waals surface area contributed by atoms with Crippen LogP contribution < -0.4 is 15.5 Å². The molecule has 1 aromatic carbocycles. The molecule has 0 bridgehead atoms. The Balaban J connectivity index is 1.72. The number of anilines is 2. The zero-order valence-corrected chi connectivity index (χ0v) is 20.3. The highest BCUT2D eigenvalue weighted by Crippen LogP contribution is 2.38. The molecule has 2 heterocycles. The highest BCUT2D eigenvalue weighted by Gasteiger charge is 2.18. The lowest BCUT2D eigenvalue weighted by Crippen LogP contribution is -2.37. The van der Waals surface area contributed by atoms with Crippen LogP contribution in [0.2, 0.25) is 0 Å². The maximum absolute atomic E-state index is 12.1. The number of hydrogen-bond acceptors (Lipinski definition) is 8. The first-order valence-corrected chi connectivity index (χ1v) is 13.0. The average Bonchev–Trinajstić information content (AvgIpc) is 2.76. The van der Waals surface area contributed by atoms with Crippen molar-refractivity contribution in [3.05, 3.63) is 36.0 Å². The lowest BCUT2D eigenvalue weighted by molar-refractivity contribution is 0.122. The van der Waals surface area contributed by atoms with E-state index >= 15 is 0 Å². The molecule has 1 aliphatic rings. The van der Waals surface area contributed by atoms with Crippen LogP contribution in [0.15, 0.2) is 30.3 Å². The number of carbonyl (C=O) groups excluding carboxylic acids is 1. The summed E-state index contributed by atoms with van der Waals surface area (Å²) in [5.41, 5.74) is 2.01. The number of hydrogen-bond donors (Lipinski definition) is 4. The molecule has 1 aromatic heterocycles. The van der Waals surface area contributed by atoms with Crippen molar-refractivity contribution in [2.75, 3.05) is 70.0 Å². The van der Waals surface area contributed by atoms with Crippen molar-refractivity contribution in [1.82, 2.24) is 20.2 Å². The number of benzene rings is 1. The molecule has 1 aliphatic heterocycles. The first-order chi connectivity index (χ1) is 15.7. The molecular weight excluding hydrogens is 444 g/mol. The van der Waals surface area contributed by atoms with Gasteiger partial charge in [0.2, 0.25) is 0 Å². The molecule has 3 rings (SSSR count). The second-order valence-electron chi connectivity index (χ2n) is 8.39. The van der Waals surface area contributed by atoms with Crippen LogP contribution in [0.3, 0.4) is 0 Å². The number of ether oxygens (including phenoxy) is 1. The van der Waals surface area contributed by atoms with Crippen molar-refractivity contribution in [3.8, 4) is 11.4 Å². The highest BCUT2D eigenvalue weighted by molar-refractivity contribution is 8.23. The van der Waals surface area contributed by atoms with Crippen LogP contribution in [0, 0.1) is 0 Å². The summed E-state index contributed by atoms with van der Waals surface area (Å²) in [6.45, 7) is 4.18. The number of aromatic nitrogens is 2. The van der Waals surface area contributed by atoms with E-state index in [-0.39, 0.29) is 11.8 Å². The summed E-state index contributed by atoms with van der Waals surface area (Å²) in [5.74, 6) is 1.30. The molecule has 10 nitrogen and oxygen atoms in total. The van der Waals surface area contributed by atoms with Gasteiger partial charge in [0, 0.05) is 43.2 Å². The maximum Gasteiger partial charge on any atom is 0.319 e. The predicted molar refractivity (Wildman–Crippen MR) is 133 cm³/mol. The molecule has 2 aromatic rings. The number of urea groups is 1. The van der Waals surface area contributed by atoms with Crippen LogP contribution in [0.4, 0.5) is 16.3 Å². The lowest BCUT2D eigenvalue weighted by Gasteiger charge is -2.30. The summed E-state index contributed by atoms with van der Waals surface area (Å²) in [7, 11) is 1.25. The van der Waals surface area contributed by atoms with E-state index in [9.17, 15) is 13.9 Å². The summed E-state index contributed by atoms with van der Waals surface area (Å²) < 4.78 is 25.3. The van der Waals surface area contributed by atoms with Crippen LogP contribution in [-0.4, -0.2) is 89.7 Å². The molecule has 1 fully saturated rings. The van der Waals surface area contributed by atoms with Crippen molar-refractivity contribution in [2.45, 2.75) is 12.2 Å². The van der Waals surface area contributed by atoms with Gasteiger partial charge in [-0.2, -0.15) is 10.6 Å². The lowest BCUT2D eigenvalue weighted by atomic mass is 10.2. The van der Waals surface area contributed by atoms with Gasteiger partial charge in [-0.15, -0.1) is 0 Å². The van der Waals surface area contributed by atoms with Crippen LogP contribution in [0.5, 0.6) is 0 Å². The Hall–Kier alpha value is -2.44. The Morgan fingerprint density at radius 2 is 1.88 bits per heavy atom. The fourth-order valence-corrected chi connectivity index (χ4v) is 4.10. The standard InChI is InChI=1S/C22H34N6O4S/c1-27(2)10-4-9-23-22(29)25-18-7-5-17(6-8-18)21-24-19(16-33(3,30)31)15-20(26-21)28-11-13-32-14-12-28/h5-8,15,30-31H,4,9-14,16H2,1-3H3,(H2,23,25,29). The van der Waals surface area contributed by atoms with Gasteiger partial charge in [0.05, 0.1) is 24.7 Å². The summed E-state index contributed by atoms with van der Waals surface area (Å²) in [6.07, 6.45) is 2.29. The van der Waals surface area contributed by atoms with Crippen molar-refractivity contribution < 1.29 is 18.6 Å². The zero-order valence-electron chi connectivity index (χ0n) is 19.5. The van der Waals surface area contributed by atoms with Crippen molar-refractivity contribution in [2.24, 2.45) is 0 Å². The first-order valence-electron chi connectivity index (χ1n) is 10.9. The molecule has 0 radical (unpaired) electrons. The fraction of sp³-hybridized carbons (Fsp3) is 0.500. The topological polar surface area (TPSA) is 123 Å². The second kappa shape index (κ2) is 11.6. The number of carbonyl (C=O) groups is 1. The van der Waals surface area contributed by atoms with E-state index in [1.807, 2.05) is 32.3 Å². The van der Waals surface area contributed by atoms with Crippen LogP contribution in [0.25, 0.3) is 11.4 Å². The molecule has 4 N–H and O–H groups in total. The van der Waals surface area contributed by atoms with Gasteiger partial charge in [-0.1, -0.05) is 0 Å². The van der Waals surface area contributed by atoms with Gasteiger partial charge in [0.1, 0.15) is 5.82 Å². The van der Waals surface area contributed by atoms with Gasteiger partial charge < -0.3 is 25.2 Å². The molecule has 0 saturated carbocycles. The van der Waals surface area contributed by atoms with E-state index in [4.69, 9.17) is 9.72 Å². The third-order valence-electron chi connectivity index (χ3n) is 4.99. The molecule has 0 spiro atoms. The Morgan fingerprint density at radius 1 is 1.18 bits per heavy atom. The third kappa shape index (κ3) is 8.45. The minimum atomic E-state index is -2.75. The van der Waals surface area contributed by atoms with Crippen molar-refractivity contribution in [3.63, 3.8) is 0 Å². The summed E-state index contributed by atoms with van der Waals surface area (Å²) in [6, 6.07) is 8.84. The molecule has 182 valence electrons. The molecule has 0 unspecified atom stereocenters. The van der Waals surface area contributed by atoms with Gasteiger partial charge in [0.25, 0.3) is 0 Å². The number of nitrogens with zero attached hydrogens (tertiary/aromatic N) is 4. The smallest absolute Gasteiger partial charge is 0.319 e. The number of rotatable bonds is 9. The molecule has 1 saturated heterocycles. The average molecular weight is 479 g/mol. The van der Waals surface area contributed by atoms with Crippen LogP contribution in [0.1, 0.15) is 12.1 Å². The monoisotopic (exact) mass is 478 g/mol. The summed E-state index contributed by atoms with van der Waals surface area (Å²) in [4.78, 5) is 25.5. The van der Waals surface area contributed by atoms with E-state index in [0.717, 1.165) is 24.3 Å². The van der Waals surface area contributed by atoms with E-state index in [1.54, 1.807) is 12.1 Å². The molecule has 2 amide bonds. The number of nitrogens with one attached hydrogen (secondary N) is 2. The Kier molecular flexibility index (Phi) is 8.87. The Morgan fingerprint density at radius 3 is 2.52 bits per heavy atom. The van der Waals surface area contributed by atoms with Crippen molar-refractivity contribution >= 4 is 28.1 Å². The maximum atomic E-state index is 12.1. The third-order valence-corrected chi connectivity index (χ3v) is 5.83. The largest absolute Gasteiger partial charge is 0.378 e. The predicted octanol–water partition coefficient (Wildman–Crippen LogP) is 2.93. The second-order valence-corrected chi connectivity index (χ2v) is 10.7. The van der Waals surface area contributed by atoms with E-state index in [2.05, 4.69) is 25.4 Å². The molecule has 33 heavy (non-hydrogen) atoms. The van der Waals surface area contributed by atoms with Crippen LogP contribution >= 0.6 is 10.6 Å². The molecule has 0 atom stereocenters. The quantitative estimate of drug-likeness (QED) is 0.406. The van der Waals surface area contributed by atoms with Gasteiger partial charge in [0.15, 0.2) is 5.82 Å². The van der Waals surface area contributed by atoms with E-state index in [0.29, 0.717) is 50.1 Å². The summed E-state index contributed by atoms with van der Waals surface area (Å²) in [5, 5.41) is 5.67. The first kappa shape index (κ1) is 25.2. The van der Waals surface area contributed by atoms with Gasteiger partial charge in [-0.05, 0) is 51.3 Å². The minimum absolute atomic E-state index is 0.0630. The molecule has 11 heteroatoms.